The number of nitro benzene ring substituents is 2. The first-order valence-electron chi connectivity index (χ1n) is 27.0. The summed E-state index contributed by atoms with van der Waals surface area (Å²) in [5.74, 6) is -1.49. The van der Waals surface area contributed by atoms with Crippen molar-refractivity contribution >= 4 is 93.3 Å². The summed E-state index contributed by atoms with van der Waals surface area (Å²) in [4.78, 5) is 80.1. The van der Waals surface area contributed by atoms with E-state index in [4.69, 9.17) is 27.8 Å². The topological polar surface area (TPSA) is 304 Å². The van der Waals surface area contributed by atoms with Crippen LogP contribution in [0.5, 0.6) is 0 Å². The Morgan fingerprint density at radius 3 is 1.61 bits per heavy atom. The van der Waals surface area contributed by atoms with E-state index < -0.39 is 110 Å². The summed E-state index contributed by atoms with van der Waals surface area (Å²) in [5, 5.41) is 24.3. The van der Waals surface area contributed by atoms with Gasteiger partial charge in [0, 0.05) is 65.4 Å². The fraction of sp³-hybridized carbons (Fsp3) is 0.286. The van der Waals surface area contributed by atoms with Gasteiger partial charge >= 0.3 is 6.80 Å². The van der Waals surface area contributed by atoms with Crippen molar-refractivity contribution in [3.05, 3.63) is 202 Å². The lowest BCUT2D eigenvalue weighted by atomic mass is 10.1. The fourth-order valence-corrected chi connectivity index (χ4v) is 17.3. The van der Waals surface area contributed by atoms with Crippen LogP contribution in [0.15, 0.2) is 160 Å². The summed E-state index contributed by atoms with van der Waals surface area (Å²) in [7, 11) is 0. The first kappa shape index (κ1) is 61.6. The van der Waals surface area contributed by atoms with Gasteiger partial charge in [-0.05, 0) is 35.6 Å². The molecule has 0 aliphatic carbocycles. The highest BCUT2D eigenvalue weighted by Gasteiger charge is 2.54. The molecule has 0 bridgehead atoms. The third-order valence-corrected chi connectivity index (χ3v) is 22.0. The molecule has 4 aromatic heterocycles. The van der Waals surface area contributed by atoms with Gasteiger partial charge in [-0.2, -0.15) is 0 Å². The minimum absolute atomic E-state index is 0.00530. The summed E-state index contributed by atoms with van der Waals surface area (Å²) < 4.78 is 107. The highest BCUT2D eigenvalue weighted by atomic mass is 32.7. The number of anilines is 2. The highest BCUT2D eigenvalue weighted by molar-refractivity contribution is 8.56. The smallest absolute Gasteiger partial charge is 0.368 e. The minimum atomic E-state index is -4.78. The molecule has 2 unspecified atom stereocenters. The number of hydrogen-bond acceptors (Lipinski definition) is 22. The van der Waals surface area contributed by atoms with E-state index in [1.807, 2.05) is 0 Å². The van der Waals surface area contributed by atoms with Gasteiger partial charge in [0.15, 0.2) is 58.8 Å². The Balaban J connectivity index is 0.946. The molecule has 2 amide bonds. The zero-order chi connectivity index (χ0) is 61.7. The van der Waals surface area contributed by atoms with Crippen LogP contribution in [0.3, 0.4) is 0 Å². The van der Waals surface area contributed by atoms with Crippen LogP contribution in [0.1, 0.15) is 50.7 Å². The molecule has 11 rings (SSSR count). The molecule has 0 spiro atoms. The summed E-state index contributed by atoms with van der Waals surface area (Å²) in [6.07, 6.45) is -8.06. The third-order valence-electron chi connectivity index (χ3n) is 14.3. The number of para-hydroxylation sites is 2. The largest absolute Gasteiger partial charge is 0.389 e. The van der Waals surface area contributed by atoms with Gasteiger partial charge in [0.2, 0.25) is 0 Å². The Hall–Kier alpha value is -8.02. The number of fused-ring (bicyclic) bond motifs is 4. The van der Waals surface area contributed by atoms with E-state index in [0.29, 0.717) is 33.9 Å². The van der Waals surface area contributed by atoms with Gasteiger partial charge in [-0.25, -0.2) is 43.2 Å². The standard InChI is InChI=1S/C56H52F2N12O14P2S2/c1-3-24-65(53(71)35-15-7-5-8-16-35)49-45-51(61-30-59-49)67(32-63-45)55-43(57)47-41(81-55)23-26-80-86(78,88-29-38-20-12-14-22-40(38)70(75)76)84-48-42(27-79-34-85(77,83-47)87-28-37-19-11-13-21-39(37)69(73)74)82-56(44(48)58)68-33-64-46-50(60-31-62-52(46)68)66(25-4-2)54(72)36-17-9-6-10-18-36/h3-22,30-33,41-44,47-48,55-56H,1-2,23-29,34H2/t41-,42-,43-,44-,47-,48-,55?,56?,85+,86-/m1/s1. The minimum Gasteiger partial charge on any atom is -0.368 e. The van der Waals surface area contributed by atoms with E-state index in [9.17, 15) is 29.8 Å². The van der Waals surface area contributed by atoms with Crippen LogP contribution < -0.4 is 9.80 Å². The lowest BCUT2D eigenvalue weighted by Crippen LogP contribution is -2.35. The first-order valence-corrected chi connectivity index (χ1v) is 33.5. The molecule has 3 aliphatic rings. The molecule has 0 saturated carbocycles. The van der Waals surface area contributed by atoms with E-state index in [2.05, 4.69) is 43.1 Å². The zero-order valence-electron chi connectivity index (χ0n) is 46.1. The van der Waals surface area contributed by atoms with Crippen LogP contribution >= 0.6 is 36.1 Å². The summed E-state index contributed by atoms with van der Waals surface area (Å²) >= 11 is 1.11. The van der Waals surface area contributed by atoms with Crippen molar-refractivity contribution in [2.45, 2.75) is 67.1 Å². The lowest BCUT2D eigenvalue weighted by Gasteiger charge is -2.29. The van der Waals surface area contributed by atoms with Crippen LogP contribution in [0.25, 0.3) is 22.3 Å². The molecule has 3 aliphatic heterocycles. The van der Waals surface area contributed by atoms with Crippen molar-refractivity contribution in [1.82, 2.24) is 39.0 Å². The third kappa shape index (κ3) is 12.8. The Kier molecular flexibility index (Phi) is 18.7. The number of benzene rings is 4. The van der Waals surface area contributed by atoms with E-state index >= 15 is 17.9 Å². The molecular formula is C56H52F2N12O14P2S2. The molecule has 456 valence electrons. The van der Waals surface area contributed by atoms with Crippen LogP contribution in [0, 0.1) is 20.2 Å². The summed E-state index contributed by atoms with van der Waals surface area (Å²) in [5.41, 5.74) is 0.367. The molecule has 26 nitrogen and oxygen atoms in total. The van der Waals surface area contributed by atoms with Gasteiger partial charge in [0.05, 0.1) is 41.8 Å². The van der Waals surface area contributed by atoms with Crippen molar-refractivity contribution in [1.29, 1.82) is 0 Å². The predicted molar refractivity (Wildman–Crippen MR) is 320 cm³/mol. The van der Waals surface area contributed by atoms with E-state index in [1.165, 1.54) is 86.2 Å². The average Bonchev–Trinajstić information content (AvgIpc) is 2.07. The number of rotatable bonds is 18. The molecule has 32 heteroatoms. The SMILES string of the molecule is C=CCN(C(=O)c1ccccc1)c1ncnc2c1ncn2C1O[C@@H]2COC[P@@](=O)(SCc3ccccc3[N+](=O)[O-])O[C@@H]3[C@@H](CCO[P@@](=O)(SCc4ccccc4[N+](=O)[O-])O[C@H]2[C@H]1F)OC(n1cnc2c(N(CC=C)C(=O)c4ccccc4)ncnc21)[C@@H]3F. The molecule has 88 heavy (non-hydrogen) atoms. The monoisotopic (exact) mass is 1280 g/mol. The van der Waals surface area contributed by atoms with E-state index in [1.54, 1.807) is 66.7 Å². The van der Waals surface area contributed by atoms with Gasteiger partial charge in [-0.1, -0.05) is 96.3 Å². The molecule has 8 aromatic rings. The average molecular weight is 1280 g/mol. The maximum absolute atomic E-state index is 17.8. The normalized spacial score (nSPS) is 24.8. The molecule has 10 atom stereocenters. The van der Waals surface area contributed by atoms with Crippen molar-refractivity contribution in [3.8, 4) is 0 Å². The number of ether oxygens (including phenoxy) is 3. The number of amides is 2. The maximum atomic E-state index is 17.8. The van der Waals surface area contributed by atoms with Gasteiger partial charge in [0.1, 0.15) is 37.3 Å². The Morgan fingerprint density at radius 1 is 0.648 bits per heavy atom. The molecule has 3 saturated heterocycles. The number of aromatic nitrogens is 8. The number of halogens is 2. The Labute approximate surface area is 507 Å². The van der Waals surface area contributed by atoms with Crippen LogP contribution in [0.2, 0.25) is 0 Å². The van der Waals surface area contributed by atoms with Crippen LogP contribution in [-0.2, 0) is 48.4 Å². The highest BCUT2D eigenvalue weighted by Crippen LogP contribution is 2.66. The van der Waals surface area contributed by atoms with Gasteiger partial charge in [-0.3, -0.25) is 57.8 Å². The number of imidazole rings is 2. The van der Waals surface area contributed by atoms with Crippen LogP contribution in [-0.4, -0.2) is 130 Å². The molecule has 4 aromatic carbocycles. The quantitative estimate of drug-likeness (QED) is 0.0333. The van der Waals surface area contributed by atoms with Gasteiger partial charge < -0.3 is 23.3 Å². The number of nitro groups is 2. The maximum Gasteiger partial charge on any atom is 0.389 e. The lowest BCUT2D eigenvalue weighted by molar-refractivity contribution is -0.385. The first-order chi connectivity index (χ1) is 42.6. The van der Waals surface area contributed by atoms with Crippen molar-refractivity contribution in [2.24, 2.45) is 0 Å². The van der Waals surface area contributed by atoms with Gasteiger partial charge in [-0.15, -0.1) is 13.2 Å². The fourth-order valence-electron chi connectivity index (χ4n) is 10.2. The number of carbonyl (C=O) groups excluding carboxylic acids is 2. The van der Waals surface area contributed by atoms with Crippen molar-refractivity contribution in [2.75, 3.05) is 42.5 Å². The number of carbonyl (C=O) groups is 2. The molecule has 7 heterocycles. The molecular weight excluding hydrogens is 1230 g/mol. The van der Waals surface area contributed by atoms with Gasteiger partial charge in [0.25, 0.3) is 29.8 Å². The number of hydrogen-bond donors (Lipinski definition) is 0. The van der Waals surface area contributed by atoms with Crippen molar-refractivity contribution in [3.63, 3.8) is 0 Å². The van der Waals surface area contributed by atoms with E-state index in [0.717, 1.165) is 12.7 Å². The molecule has 0 radical (unpaired) electrons. The van der Waals surface area contributed by atoms with Crippen molar-refractivity contribution < 1.29 is 65.1 Å². The zero-order valence-corrected chi connectivity index (χ0v) is 49.5. The van der Waals surface area contributed by atoms with Crippen LogP contribution in [0.4, 0.5) is 31.8 Å². The molecule has 0 N–H and O–H groups in total. The second-order valence-electron chi connectivity index (χ2n) is 19.8. The Bertz CT molecular complexity index is 3780. The number of nitrogens with zero attached hydrogens (tertiary/aromatic N) is 12. The second kappa shape index (κ2) is 26.8. The second-order valence-corrected chi connectivity index (χ2v) is 28.5. The Morgan fingerprint density at radius 2 is 1.11 bits per heavy atom. The van der Waals surface area contributed by atoms with E-state index in [-0.39, 0.29) is 81.1 Å². The summed E-state index contributed by atoms with van der Waals surface area (Å²) in [6.45, 7) is -3.00. The predicted octanol–water partition coefficient (Wildman–Crippen LogP) is 11.0. The summed E-state index contributed by atoms with van der Waals surface area (Å²) in [6, 6.07) is 28.1. The number of alkyl halides is 2. The molecule has 3 fully saturated rings.